The van der Waals surface area contributed by atoms with Crippen molar-refractivity contribution in [2.75, 3.05) is 38.6 Å². The molecule has 7 nitrogen and oxygen atoms in total. The number of rotatable bonds is 4. The van der Waals surface area contributed by atoms with Crippen LogP contribution in [0.2, 0.25) is 5.02 Å². The maximum Gasteiger partial charge on any atom is 0.158 e. The number of nitrogens with zero attached hydrogens (tertiary/aromatic N) is 5. The average Bonchev–Trinajstić information content (AvgIpc) is 3.61. The van der Waals surface area contributed by atoms with E-state index in [0.29, 0.717) is 34.8 Å². The van der Waals surface area contributed by atoms with Gasteiger partial charge in [-0.3, -0.25) is 0 Å². The van der Waals surface area contributed by atoms with Gasteiger partial charge in [-0.1, -0.05) is 35.9 Å². The minimum absolute atomic E-state index is 0.0599. The first-order chi connectivity index (χ1) is 18.9. The molecule has 2 bridgehead atoms. The monoisotopic (exact) mass is 542 g/mol. The van der Waals surface area contributed by atoms with Crippen LogP contribution in [-0.4, -0.2) is 70.4 Å². The molecule has 2 aromatic heterocycles. The number of nitrogens with one attached hydrogen (secondary N) is 1. The minimum Gasteiger partial charge on any atom is -0.508 e. The molecular weight excluding hydrogens is 515 g/mol. The van der Waals surface area contributed by atoms with Gasteiger partial charge in [0.2, 0.25) is 0 Å². The number of phenolic OH excluding ortho intramolecular Hbond substituents is 1. The molecule has 5 heterocycles. The number of likely N-dealkylation sites (N-methyl/N-ethyl adjacent to an activating group) is 1. The summed E-state index contributed by atoms with van der Waals surface area (Å²) in [4.78, 5) is 14.2. The first kappa shape index (κ1) is 23.4. The molecule has 2 N–H and O–H groups in total. The Hall–Kier alpha value is -3.46. The Bertz CT molecular complexity index is 1800. The number of benzene rings is 3. The number of fused-ring (bicyclic) bond motifs is 5. The van der Waals surface area contributed by atoms with Gasteiger partial charge in [0.05, 0.1) is 22.9 Å². The molecule has 3 aliphatic heterocycles. The summed E-state index contributed by atoms with van der Waals surface area (Å²) in [6.07, 6.45) is 3.05. The van der Waals surface area contributed by atoms with Crippen LogP contribution < -0.4 is 10.2 Å². The van der Waals surface area contributed by atoms with Gasteiger partial charge in [-0.25, -0.2) is 14.4 Å². The van der Waals surface area contributed by atoms with E-state index in [-0.39, 0.29) is 27.9 Å². The van der Waals surface area contributed by atoms with Gasteiger partial charge in [-0.05, 0) is 61.0 Å². The molecule has 1 aliphatic carbocycles. The van der Waals surface area contributed by atoms with Gasteiger partial charge in [-0.15, -0.1) is 0 Å². The lowest BCUT2D eigenvalue weighted by atomic mass is 9.80. The molecule has 198 valence electrons. The standard InChI is InChI=1S/C30H28ClFN6O/c1-36(2)17-12-37(13-17)30-27-29(38(14-34-27)28-16-8-23(28)33-11-16)21-10-22(31)24(25(32)26(21)35-30)20-9-18(39)7-15-5-3-4-6-19(15)20/h3-7,9-10,14,16-17,23,28,33,39H,8,11-13H2,1-2H3/t16-,23-,28+/m1/s1. The van der Waals surface area contributed by atoms with Crippen molar-refractivity contribution in [3.63, 3.8) is 0 Å². The Balaban J connectivity index is 1.40. The minimum atomic E-state index is -0.483. The fraction of sp³-hybridized carbons (Fsp3) is 0.333. The van der Waals surface area contributed by atoms with Crippen LogP contribution in [0, 0.1) is 11.7 Å². The Morgan fingerprint density at radius 2 is 1.92 bits per heavy atom. The number of halogens is 2. The van der Waals surface area contributed by atoms with E-state index in [4.69, 9.17) is 21.6 Å². The molecule has 39 heavy (non-hydrogen) atoms. The summed E-state index contributed by atoms with van der Waals surface area (Å²) >= 11 is 6.90. The van der Waals surface area contributed by atoms with Crippen LogP contribution >= 0.6 is 11.6 Å². The molecule has 0 unspecified atom stereocenters. The second-order valence-corrected chi connectivity index (χ2v) is 11.9. The number of aromatic nitrogens is 3. The third-order valence-electron chi connectivity index (χ3n) is 9.09. The van der Waals surface area contributed by atoms with Crippen molar-refractivity contribution < 1.29 is 9.50 Å². The molecule has 4 fully saturated rings. The zero-order chi connectivity index (χ0) is 26.6. The van der Waals surface area contributed by atoms with Crippen molar-refractivity contribution in [2.24, 2.45) is 5.92 Å². The van der Waals surface area contributed by atoms with Crippen molar-refractivity contribution >= 4 is 50.1 Å². The SMILES string of the molecule is CN(C)C1CN(c2nc3c(F)c(-c4cc(O)cc5ccccc45)c(Cl)cc3c3c2ncn3[C@H]2[C@H]3CN[C@@H]2C3)C1. The largest absolute Gasteiger partial charge is 0.508 e. The summed E-state index contributed by atoms with van der Waals surface area (Å²) in [7, 11) is 4.15. The molecule has 9 heteroatoms. The molecule has 3 saturated heterocycles. The predicted octanol–water partition coefficient (Wildman–Crippen LogP) is 5.19. The maximum absolute atomic E-state index is 16.8. The summed E-state index contributed by atoms with van der Waals surface area (Å²) in [6, 6.07) is 13.8. The van der Waals surface area contributed by atoms with Gasteiger partial charge in [0.25, 0.3) is 0 Å². The van der Waals surface area contributed by atoms with Gasteiger partial charge < -0.3 is 24.8 Å². The van der Waals surface area contributed by atoms with E-state index >= 15 is 4.39 Å². The van der Waals surface area contributed by atoms with Crippen molar-refractivity contribution in [2.45, 2.75) is 24.5 Å². The molecule has 9 rings (SSSR count). The van der Waals surface area contributed by atoms with Gasteiger partial charge in [0.1, 0.15) is 16.8 Å². The third kappa shape index (κ3) is 3.28. The Labute approximate surface area is 229 Å². The highest BCUT2D eigenvalue weighted by molar-refractivity contribution is 6.35. The van der Waals surface area contributed by atoms with Crippen molar-refractivity contribution in [3.8, 4) is 16.9 Å². The first-order valence-corrected chi connectivity index (χ1v) is 13.8. The number of phenols is 1. The predicted molar refractivity (Wildman–Crippen MR) is 153 cm³/mol. The van der Waals surface area contributed by atoms with E-state index < -0.39 is 5.82 Å². The van der Waals surface area contributed by atoms with E-state index in [1.807, 2.05) is 36.7 Å². The zero-order valence-corrected chi connectivity index (χ0v) is 22.5. The lowest BCUT2D eigenvalue weighted by Crippen LogP contribution is -2.57. The summed E-state index contributed by atoms with van der Waals surface area (Å²) in [5, 5.41) is 16.7. The highest BCUT2D eigenvalue weighted by atomic mass is 35.5. The van der Waals surface area contributed by atoms with Gasteiger partial charge in [0.15, 0.2) is 11.6 Å². The number of anilines is 1. The number of hydrogen-bond donors (Lipinski definition) is 2. The topological polar surface area (TPSA) is 69.5 Å². The molecule has 0 radical (unpaired) electrons. The summed E-state index contributed by atoms with van der Waals surface area (Å²) in [5.74, 6) is 0.828. The molecule has 0 spiro atoms. The lowest BCUT2D eigenvalue weighted by Gasteiger charge is -2.43. The summed E-state index contributed by atoms with van der Waals surface area (Å²) in [6.45, 7) is 2.61. The highest BCUT2D eigenvalue weighted by Crippen LogP contribution is 2.48. The lowest BCUT2D eigenvalue weighted by molar-refractivity contribution is 0.225. The number of aromatic hydroxyl groups is 1. The van der Waals surface area contributed by atoms with Crippen molar-refractivity contribution in [1.82, 2.24) is 24.8 Å². The van der Waals surface area contributed by atoms with Crippen LogP contribution in [0.5, 0.6) is 5.75 Å². The molecule has 3 atom stereocenters. The second kappa shape index (κ2) is 8.27. The van der Waals surface area contributed by atoms with Crippen LogP contribution in [-0.2, 0) is 0 Å². The quantitative estimate of drug-likeness (QED) is 0.326. The van der Waals surface area contributed by atoms with Gasteiger partial charge >= 0.3 is 0 Å². The fourth-order valence-electron chi connectivity index (χ4n) is 6.87. The Morgan fingerprint density at radius 3 is 2.67 bits per heavy atom. The third-order valence-corrected chi connectivity index (χ3v) is 9.39. The molecule has 4 aliphatic rings. The van der Waals surface area contributed by atoms with E-state index in [0.717, 1.165) is 47.9 Å². The van der Waals surface area contributed by atoms with E-state index in [1.54, 1.807) is 12.1 Å². The summed E-state index contributed by atoms with van der Waals surface area (Å²) < 4.78 is 19.0. The van der Waals surface area contributed by atoms with Crippen LogP contribution in [0.3, 0.4) is 0 Å². The highest BCUT2D eigenvalue weighted by Gasteiger charge is 2.48. The van der Waals surface area contributed by atoms with E-state index in [2.05, 4.69) is 33.8 Å². The van der Waals surface area contributed by atoms with E-state index in [1.165, 1.54) is 0 Å². The van der Waals surface area contributed by atoms with Crippen LogP contribution in [0.15, 0.2) is 48.8 Å². The normalized spacial score (nSPS) is 22.8. The number of imidazole rings is 1. The van der Waals surface area contributed by atoms with Crippen molar-refractivity contribution in [3.05, 3.63) is 59.6 Å². The maximum atomic E-state index is 16.8. The Kier molecular flexibility index (Phi) is 4.97. The Morgan fingerprint density at radius 1 is 1.10 bits per heavy atom. The fourth-order valence-corrected chi connectivity index (χ4v) is 7.16. The van der Waals surface area contributed by atoms with Crippen LogP contribution in [0.1, 0.15) is 12.5 Å². The zero-order valence-electron chi connectivity index (χ0n) is 21.7. The van der Waals surface area contributed by atoms with Crippen LogP contribution in [0.4, 0.5) is 10.2 Å². The first-order valence-electron chi connectivity index (χ1n) is 13.4. The number of pyridine rings is 1. The molecule has 0 amide bonds. The number of hydrogen-bond acceptors (Lipinski definition) is 6. The van der Waals surface area contributed by atoms with Gasteiger partial charge in [0, 0.05) is 42.7 Å². The van der Waals surface area contributed by atoms with E-state index in [9.17, 15) is 5.11 Å². The summed E-state index contributed by atoms with van der Waals surface area (Å²) in [5.41, 5.74) is 2.75. The molecular formula is C30H28ClFN6O. The smallest absolute Gasteiger partial charge is 0.158 e. The van der Waals surface area contributed by atoms with Crippen LogP contribution in [0.25, 0.3) is 43.8 Å². The van der Waals surface area contributed by atoms with Crippen molar-refractivity contribution in [1.29, 1.82) is 0 Å². The molecule has 5 aromatic rings. The van der Waals surface area contributed by atoms with Gasteiger partial charge in [-0.2, -0.15) is 0 Å². The average molecular weight is 543 g/mol. The second-order valence-electron chi connectivity index (χ2n) is 11.5. The molecule has 3 aromatic carbocycles. The molecule has 1 saturated carbocycles.